The maximum Gasteiger partial charge on any atom is 0.251 e. The van der Waals surface area contributed by atoms with E-state index in [0.29, 0.717) is 0 Å². The topological polar surface area (TPSA) is 49.4 Å². The molecule has 0 saturated carbocycles. The molecule has 17 heavy (non-hydrogen) atoms. The zero-order valence-electron chi connectivity index (χ0n) is 10.1. The van der Waals surface area contributed by atoms with E-state index in [2.05, 4.69) is 12.2 Å². The van der Waals surface area contributed by atoms with Crippen molar-refractivity contribution in [3.05, 3.63) is 29.8 Å². The van der Waals surface area contributed by atoms with E-state index in [1.165, 1.54) is 17.5 Å². The van der Waals surface area contributed by atoms with Crippen molar-refractivity contribution in [2.75, 3.05) is 12.4 Å². The summed E-state index contributed by atoms with van der Waals surface area (Å²) in [7, 11) is 1.52. The van der Waals surface area contributed by atoms with Crippen molar-refractivity contribution in [3.63, 3.8) is 0 Å². The molecule has 0 bridgehead atoms. The molecule has 2 rings (SSSR count). The Labute approximate surface area is 101 Å². The summed E-state index contributed by atoms with van der Waals surface area (Å²) in [6, 6.07) is 7.50. The number of hydrogen-bond acceptors (Lipinski definition) is 3. The Morgan fingerprint density at radius 3 is 2.41 bits per heavy atom. The van der Waals surface area contributed by atoms with Crippen molar-refractivity contribution in [2.45, 2.75) is 25.8 Å². The Kier molecular flexibility index (Phi) is 3.13. The zero-order chi connectivity index (χ0) is 12.4. The van der Waals surface area contributed by atoms with E-state index in [-0.39, 0.29) is 18.2 Å². The van der Waals surface area contributed by atoms with Gasteiger partial charge in [-0.15, -0.1) is 0 Å². The number of carbonyl (C=O) groups excluding carboxylic acids is 2. The summed E-state index contributed by atoms with van der Waals surface area (Å²) in [5, 5.41) is 3.09. The second kappa shape index (κ2) is 4.57. The third kappa shape index (κ3) is 2.30. The van der Waals surface area contributed by atoms with Crippen LogP contribution in [0.4, 0.5) is 5.69 Å². The minimum atomic E-state index is -0.417. The second-order valence-electron chi connectivity index (χ2n) is 4.24. The van der Waals surface area contributed by atoms with E-state index < -0.39 is 6.04 Å². The summed E-state index contributed by atoms with van der Waals surface area (Å²) in [5.74, 6) is -0.285. The highest BCUT2D eigenvalue weighted by atomic mass is 16.2. The molecule has 0 spiro atoms. The molecule has 0 aliphatic carbocycles. The number of hydrogen-bond donors (Lipinski definition) is 1. The van der Waals surface area contributed by atoms with Crippen LogP contribution in [0.25, 0.3) is 0 Å². The average molecular weight is 232 g/mol. The van der Waals surface area contributed by atoms with Crippen molar-refractivity contribution in [3.8, 4) is 0 Å². The molecule has 1 aromatic carbocycles. The van der Waals surface area contributed by atoms with Crippen LogP contribution < -0.4 is 5.32 Å². The van der Waals surface area contributed by atoms with Crippen LogP contribution in [0.1, 0.15) is 18.9 Å². The summed E-state index contributed by atoms with van der Waals surface area (Å²) < 4.78 is 0. The first-order chi connectivity index (χ1) is 8.11. The van der Waals surface area contributed by atoms with Crippen molar-refractivity contribution in [1.82, 2.24) is 4.90 Å². The number of carbonyl (C=O) groups is 2. The van der Waals surface area contributed by atoms with Gasteiger partial charge in [0.1, 0.15) is 6.04 Å². The highest BCUT2D eigenvalue weighted by molar-refractivity contribution is 6.06. The molecule has 1 fully saturated rings. The first kappa shape index (κ1) is 11.6. The Hall–Kier alpha value is -1.84. The summed E-state index contributed by atoms with van der Waals surface area (Å²) >= 11 is 0. The average Bonchev–Trinajstić information content (AvgIpc) is 2.58. The normalized spacial score (nSPS) is 19.9. The van der Waals surface area contributed by atoms with Crippen LogP contribution in [-0.2, 0) is 16.0 Å². The molecule has 4 heteroatoms. The van der Waals surface area contributed by atoms with E-state index in [9.17, 15) is 9.59 Å². The lowest BCUT2D eigenvalue weighted by atomic mass is 10.1. The van der Waals surface area contributed by atoms with Gasteiger partial charge >= 0.3 is 0 Å². The fourth-order valence-corrected chi connectivity index (χ4v) is 1.91. The summed E-state index contributed by atoms with van der Waals surface area (Å²) in [6.07, 6.45) is 1.23. The molecule has 1 saturated heterocycles. The lowest BCUT2D eigenvalue weighted by Crippen LogP contribution is -2.31. The van der Waals surface area contributed by atoms with E-state index in [4.69, 9.17) is 0 Å². The first-order valence-corrected chi connectivity index (χ1v) is 5.77. The van der Waals surface area contributed by atoms with E-state index in [1.807, 2.05) is 24.3 Å². The maximum absolute atomic E-state index is 11.7. The van der Waals surface area contributed by atoms with Gasteiger partial charge in [-0.2, -0.15) is 0 Å². The van der Waals surface area contributed by atoms with Gasteiger partial charge in [-0.3, -0.25) is 14.5 Å². The molecule has 0 unspecified atom stereocenters. The maximum atomic E-state index is 11.7. The van der Waals surface area contributed by atoms with E-state index >= 15 is 0 Å². The van der Waals surface area contributed by atoms with Gasteiger partial charge in [0.15, 0.2) is 0 Å². The Balaban J connectivity index is 2.06. The van der Waals surface area contributed by atoms with Gasteiger partial charge in [-0.05, 0) is 24.1 Å². The van der Waals surface area contributed by atoms with E-state index in [1.54, 1.807) is 0 Å². The molecular weight excluding hydrogens is 216 g/mol. The second-order valence-corrected chi connectivity index (χ2v) is 4.24. The lowest BCUT2D eigenvalue weighted by molar-refractivity contribution is -0.136. The van der Waals surface area contributed by atoms with Gasteiger partial charge in [0.2, 0.25) is 5.91 Å². The Bertz CT molecular complexity index is 439. The van der Waals surface area contributed by atoms with E-state index in [0.717, 1.165) is 12.1 Å². The molecular formula is C13H16N2O2. The lowest BCUT2D eigenvalue weighted by Gasteiger charge is -2.12. The first-order valence-electron chi connectivity index (χ1n) is 5.77. The predicted molar refractivity (Wildman–Crippen MR) is 65.6 cm³/mol. The molecule has 1 N–H and O–H groups in total. The predicted octanol–water partition coefficient (Wildman–Crippen LogP) is 1.42. The zero-order valence-corrected chi connectivity index (χ0v) is 10.1. The minimum absolute atomic E-state index is 0.127. The summed E-state index contributed by atoms with van der Waals surface area (Å²) in [4.78, 5) is 24.2. The van der Waals surface area contributed by atoms with Crippen molar-refractivity contribution in [2.24, 2.45) is 0 Å². The quantitative estimate of drug-likeness (QED) is 0.802. The third-order valence-corrected chi connectivity index (χ3v) is 3.08. The number of nitrogens with zero attached hydrogens (tertiary/aromatic N) is 1. The number of amides is 2. The number of rotatable bonds is 3. The number of imide groups is 1. The Morgan fingerprint density at radius 2 is 1.94 bits per heavy atom. The fourth-order valence-electron chi connectivity index (χ4n) is 1.91. The highest BCUT2D eigenvalue weighted by Gasteiger charge is 2.35. The number of likely N-dealkylation sites (N-methyl/N-ethyl adjacent to an activating group) is 1. The summed E-state index contributed by atoms with van der Waals surface area (Å²) in [5.41, 5.74) is 2.13. The van der Waals surface area contributed by atoms with Crippen LogP contribution in [0.5, 0.6) is 0 Å². The largest absolute Gasteiger partial charge is 0.373 e. The number of benzene rings is 1. The molecule has 0 aromatic heterocycles. The van der Waals surface area contributed by atoms with Crippen molar-refractivity contribution >= 4 is 17.5 Å². The van der Waals surface area contributed by atoms with Gasteiger partial charge in [-0.1, -0.05) is 19.1 Å². The summed E-state index contributed by atoms with van der Waals surface area (Å²) in [6.45, 7) is 2.09. The standard InChI is InChI=1S/C13H16N2O2/c1-3-9-4-6-10(7-5-9)14-11-8-12(16)15(2)13(11)17/h4-7,11,14H,3,8H2,1-2H3/t11-/m0/s1. The third-order valence-electron chi connectivity index (χ3n) is 3.08. The van der Waals surface area contributed by atoms with Crippen LogP contribution in [0, 0.1) is 0 Å². The van der Waals surface area contributed by atoms with Crippen LogP contribution in [0.3, 0.4) is 0 Å². The molecule has 0 radical (unpaired) electrons. The van der Waals surface area contributed by atoms with Crippen LogP contribution in [-0.4, -0.2) is 29.8 Å². The molecule has 1 heterocycles. The van der Waals surface area contributed by atoms with Gasteiger partial charge in [0.25, 0.3) is 5.91 Å². The number of anilines is 1. The number of likely N-dealkylation sites (tertiary alicyclic amines) is 1. The van der Waals surface area contributed by atoms with Gasteiger partial charge < -0.3 is 5.32 Å². The fraction of sp³-hybridized carbons (Fsp3) is 0.385. The SMILES string of the molecule is CCc1ccc(N[C@H]2CC(=O)N(C)C2=O)cc1. The van der Waals surface area contributed by atoms with Gasteiger partial charge in [0, 0.05) is 12.7 Å². The molecule has 4 nitrogen and oxygen atoms in total. The molecule has 90 valence electrons. The molecule has 1 aliphatic heterocycles. The smallest absolute Gasteiger partial charge is 0.251 e. The van der Waals surface area contributed by atoms with Gasteiger partial charge in [-0.25, -0.2) is 0 Å². The van der Waals surface area contributed by atoms with Crippen LogP contribution in [0.2, 0.25) is 0 Å². The number of nitrogens with one attached hydrogen (secondary N) is 1. The van der Waals surface area contributed by atoms with Crippen LogP contribution >= 0.6 is 0 Å². The Morgan fingerprint density at radius 1 is 1.29 bits per heavy atom. The number of aryl methyl sites for hydroxylation is 1. The molecule has 1 aromatic rings. The molecule has 1 aliphatic rings. The van der Waals surface area contributed by atoms with Crippen molar-refractivity contribution < 1.29 is 9.59 Å². The highest BCUT2D eigenvalue weighted by Crippen LogP contribution is 2.17. The van der Waals surface area contributed by atoms with Gasteiger partial charge in [0.05, 0.1) is 6.42 Å². The molecule has 2 amide bonds. The minimum Gasteiger partial charge on any atom is -0.373 e. The van der Waals surface area contributed by atoms with Crippen LogP contribution in [0.15, 0.2) is 24.3 Å². The monoisotopic (exact) mass is 232 g/mol. The molecule has 1 atom stereocenters. The van der Waals surface area contributed by atoms with Crippen molar-refractivity contribution in [1.29, 1.82) is 0 Å².